The van der Waals surface area contributed by atoms with Crippen LogP contribution in [0.4, 0.5) is 10.1 Å². The van der Waals surface area contributed by atoms with Crippen molar-refractivity contribution in [1.29, 1.82) is 0 Å². The number of hydrogen-bond donors (Lipinski definition) is 2. The van der Waals surface area contributed by atoms with Gasteiger partial charge in [-0.3, -0.25) is 4.79 Å². The molecule has 0 saturated carbocycles. The lowest BCUT2D eigenvalue weighted by Gasteiger charge is -2.19. The number of anilines is 1. The Bertz CT molecular complexity index is 1170. The monoisotopic (exact) mass is 456 g/mol. The number of amides is 1. The van der Waals surface area contributed by atoms with Gasteiger partial charge in [0.1, 0.15) is 16.8 Å². The average molecular weight is 457 g/mol. The summed E-state index contributed by atoms with van der Waals surface area (Å²) in [5.41, 5.74) is 7.10. The van der Waals surface area contributed by atoms with E-state index in [2.05, 4.69) is 5.32 Å². The van der Waals surface area contributed by atoms with Crippen LogP contribution in [0.1, 0.15) is 34.5 Å². The minimum atomic E-state index is -3.90. The van der Waals surface area contributed by atoms with E-state index in [1.807, 2.05) is 6.92 Å². The molecule has 0 bridgehead atoms. The zero-order chi connectivity index (χ0) is 23.1. The third kappa shape index (κ3) is 5.45. The maximum Gasteiger partial charge on any atom is 0.251 e. The quantitative estimate of drug-likeness (QED) is 0.372. The van der Waals surface area contributed by atoms with Crippen LogP contribution in [-0.4, -0.2) is 27.5 Å². The zero-order valence-corrected chi connectivity index (χ0v) is 18.4. The second-order valence-corrected chi connectivity index (χ2v) is 9.34. The maximum absolute atomic E-state index is 13.3. The number of sulfone groups is 1. The number of nitrogens with two attached hydrogens (primary N) is 1. The molecule has 0 aliphatic carbocycles. The van der Waals surface area contributed by atoms with E-state index >= 15 is 0 Å². The molecule has 0 aliphatic rings. The lowest BCUT2D eigenvalue weighted by atomic mass is 10.1. The van der Waals surface area contributed by atoms with Gasteiger partial charge in [-0.05, 0) is 54.4 Å². The minimum absolute atomic E-state index is 0.0244. The van der Waals surface area contributed by atoms with E-state index < -0.39 is 26.8 Å². The number of nitrogens with one attached hydrogen (secondary N) is 1. The van der Waals surface area contributed by atoms with Crippen LogP contribution in [0.3, 0.4) is 0 Å². The summed E-state index contributed by atoms with van der Waals surface area (Å²) >= 11 is 0. The fourth-order valence-corrected chi connectivity index (χ4v) is 4.85. The van der Waals surface area contributed by atoms with E-state index in [0.29, 0.717) is 23.6 Å². The molecule has 0 heterocycles. The number of carbonyl (C=O) groups excluding carboxylic acids is 1. The van der Waals surface area contributed by atoms with Crippen molar-refractivity contribution in [2.45, 2.75) is 23.5 Å². The van der Waals surface area contributed by atoms with Gasteiger partial charge in [-0.1, -0.05) is 37.3 Å². The molecule has 3 aromatic rings. The van der Waals surface area contributed by atoms with Crippen LogP contribution >= 0.6 is 0 Å². The van der Waals surface area contributed by atoms with Gasteiger partial charge in [0.25, 0.3) is 5.91 Å². The van der Waals surface area contributed by atoms with Crippen molar-refractivity contribution >= 4 is 21.4 Å². The number of carbonyl (C=O) groups is 1. The third-order valence-corrected chi connectivity index (χ3v) is 6.99. The Morgan fingerprint density at radius 3 is 2.38 bits per heavy atom. The van der Waals surface area contributed by atoms with Crippen molar-refractivity contribution in [3.05, 3.63) is 89.7 Å². The predicted octanol–water partition coefficient (Wildman–Crippen LogP) is 4.14. The van der Waals surface area contributed by atoms with Gasteiger partial charge in [0.15, 0.2) is 9.84 Å². The van der Waals surface area contributed by atoms with Gasteiger partial charge in [0.2, 0.25) is 0 Å². The van der Waals surface area contributed by atoms with Gasteiger partial charge >= 0.3 is 0 Å². The summed E-state index contributed by atoms with van der Waals surface area (Å²) in [6.45, 7) is 2.31. The van der Waals surface area contributed by atoms with Crippen LogP contribution in [0.5, 0.6) is 5.75 Å². The highest BCUT2D eigenvalue weighted by atomic mass is 32.2. The Morgan fingerprint density at radius 1 is 1.06 bits per heavy atom. The van der Waals surface area contributed by atoms with Crippen LogP contribution in [0, 0.1) is 5.82 Å². The Balaban J connectivity index is 1.83. The average Bonchev–Trinajstić information content (AvgIpc) is 2.79. The molecule has 8 heteroatoms. The summed E-state index contributed by atoms with van der Waals surface area (Å²) in [6, 6.07) is 17.9. The minimum Gasteiger partial charge on any atom is -0.491 e. The first kappa shape index (κ1) is 23.3. The highest BCUT2D eigenvalue weighted by Gasteiger charge is 2.29. The molecule has 6 nitrogen and oxygen atoms in total. The molecule has 1 atom stereocenters. The highest BCUT2D eigenvalue weighted by Crippen LogP contribution is 2.29. The van der Waals surface area contributed by atoms with Gasteiger partial charge in [0, 0.05) is 12.1 Å². The normalized spacial score (nSPS) is 12.2. The number of hydrogen-bond acceptors (Lipinski definition) is 5. The zero-order valence-electron chi connectivity index (χ0n) is 17.6. The SMILES string of the molecule is CCCOc1ccc(C(=O)NCC(c2ccccc2)S(=O)(=O)c2ccc(F)cc2)cc1N. The summed E-state index contributed by atoms with van der Waals surface area (Å²) in [6.07, 6.45) is 0.824. The molecule has 0 fully saturated rings. The summed E-state index contributed by atoms with van der Waals surface area (Å²) < 4.78 is 45.4. The van der Waals surface area contributed by atoms with Crippen LogP contribution in [0.2, 0.25) is 0 Å². The van der Waals surface area contributed by atoms with E-state index in [-0.39, 0.29) is 17.0 Å². The number of halogens is 1. The Labute approximate surface area is 187 Å². The van der Waals surface area contributed by atoms with Gasteiger partial charge < -0.3 is 15.8 Å². The van der Waals surface area contributed by atoms with E-state index in [9.17, 15) is 17.6 Å². The predicted molar refractivity (Wildman–Crippen MR) is 122 cm³/mol. The largest absolute Gasteiger partial charge is 0.491 e. The molecule has 1 unspecified atom stereocenters. The first-order valence-electron chi connectivity index (χ1n) is 10.2. The van der Waals surface area contributed by atoms with Crippen LogP contribution in [0.25, 0.3) is 0 Å². The van der Waals surface area contributed by atoms with Crippen molar-refractivity contribution in [3.8, 4) is 5.75 Å². The van der Waals surface area contributed by atoms with E-state index in [4.69, 9.17) is 10.5 Å². The second kappa shape index (κ2) is 10.3. The molecule has 3 N–H and O–H groups in total. The number of nitrogen functional groups attached to an aromatic ring is 1. The molecule has 0 aromatic heterocycles. The standard InChI is InChI=1S/C24H25FN2O4S/c1-2-14-31-22-13-8-18(15-21(22)26)24(28)27-16-23(17-6-4-3-5-7-17)32(29,30)20-11-9-19(25)10-12-20/h3-13,15,23H,2,14,16,26H2,1H3,(H,27,28). The molecule has 32 heavy (non-hydrogen) atoms. The lowest BCUT2D eigenvalue weighted by molar-refractivity contribution is 0.0953. The Hall–Kier alpha value is -3.39. The number of benzene rings is 3. The second-order valence-electron chi connectivity index (χ2n) is 7.21. The summed E-state index contributed by atoms with van der Waals surface area (Å²) in [5.74, 6) is -0.504. The smallest absolute Gasteiger partial charge is 0.251 e. The fraction of sp³-hybridized carbons (Fsp3) is 0.208. The molecule has 0 radical (unpaired) electrons. The molecule has 1 amide bonds. The van der Waals surface area contributed by atoms with Crippen LogP contribution < -0.4 is 15.8 Å². The molecule has 0 aliphatic heterocycles. The summed E-state index contributed by atoms with van der Waals surface area (Å²) in [5, 5.41) is 1.63. The Morgan fingerprint density at radius 2 is 1.75 bits per heavy atom. The molecule has 0 saturated heterocycles. The van der Waals surface area contributed by atoms with Gasteiger partial charge in [-0.25, -0.2) is 12.8 Å². The molecule has 168 valence electrons. The first-order valence-corrected chi connectivity index (χ1v) is 11.7. The molecule has 0 spiro atoms. The van der Waals surface area contributed by atoms with Gasteiger partial charge in [-0.2, -0.15) is 0 Å². The van der Waals surface area contributed by atoms with Crippen molar-refractivity contribution in [2.75, 3.05) is 18.9 Å². The molecule has 3 aromatic carbocycles. The summed E-state index contributed by atoms with van der Waals surface area (Å²) in [7, 11) is -3.90. The molecular weight excluding hydrogens is 431 g/mol. The van der Waals surface area contributed by atoms with Crippen LogP contribution in [-0.2, 0) is 9.84 Å². The molecular formula is C24H25FN2O4S. The number of rotatable bonds is 9. The lowest BCUT2D eigenvalue weighted by Crippen LogP contribution is -2.32. The Kier molecular flexibility index (Phi) is 7.48. The van der Waals surface area contributed by atoms with Gasteiger partial charge in [0.05, 0.1) is 17.2 Å². The maximum atomic E-state index is 13.3. The van der Waals surface area contributed by atoms with Crippen molar-refractivity contribution in [2.24, 2.45) is 0 Å². The van der Waals surface area contributed by atoms with Crippen LogP contribution in [0.15, 0.2) is 77.7 Å². The fourth-order valence-electron chi connectivity index (χ4n) is 3.18. The van der Waals surface area contributed by atoms with E-state index in [1.165, 1.54) is 18.2 Å². The first-order chi connectivity index (χ1) is 15.3. The topological polar surface area (TPSA) is 98.5 Å². The van der Waals surface area contributed by atoms with E-state index in [0.717, 1.165) is 18.6 Å². The number of ether oxygens (including phenoxy) is 1. The van der Waals surface area contributed by atoms with Crippen molar-refractivity contribution in [3.63, 3.8) is 0 Å². The van der Waals surface area contributed by atoms with Crippen molar-refractivity contribution < 1.29 is 22.3 Å². The highest BCUT2D eigenvalue weighted by molar-refractivity contribution is 7.91. The van der Waals surface area contributed by atoms with E-state index in [1.54, 1.807) is 42.5 Å². The molecule has 3 rings (SSSR count). The third-order valence-electron chi connectivity index (χ3n) is 4.87. The van der Waals surface area contributed by atoms with Crippen molar-refractivity contribution in [1.82, 2.24) is 5.32 Å². The van der Waals surface area contributed by atoms with Gasteiger partial charge in [-0.15, -0.1) is 0 Å². The summed E-state index contributed by atoms with van der Waals surface area (Å²) in [4.78, 5) is 12.7.